The summed E-state index contributed by atoms with van der Waals surface area (Å²) in [6.07, 6.45) is -3.55. The fourth-order valence-electron chi connectivity index (χ4n) is 0.762. The molecule has 0 aromatic heterocycles. The summed E-state index contributed by atoms with van der Waals surface area (Å²) < 4.78 is 35.1. The summed E-state index contributed by atoms with van der Waals surface area (Å²) in [5, 5.41) is 0. The molecule has 0 saturated heterocycles. The van der Waals surface area contributed by atoms with Gasteiger partial charge in [0.25, 0.3) is 0 Å². The second-order valence-corrected chi connectivity index (χ2v) is 2.61. The zero-order valence-corrected chi connectivity index (χ0v) is 8.34. The van der Waals surface area contributed by atoms with Gasteiger partial charge in [0.1, 0.15) is 6.54 Å². The standard InChI is InChI=1S/C7H12F3NO.ClH/c1-3-4-6(12)11(2)5-7(8,9)10;/h3-5H2,1-2H3;1H. The lowest BCUT2D eigenvalue weighted by Crippen LogP contribution is -2.35. The molecule has 6 heteroatoms. The average molecular weight is 220 g/mol. The van der Waals surface area contributed by atoms with Gasteiger partial charge in [-0.2, -0.15) is 13.2 Å². The molecule has 0 heterocycles. The number of halogens is 4. The highest BCUT2D eigenvalue weighted by molar-refractivity contribution is 5.85. The predicted molar refractivity (Wildman–Crippen MR) is 45.8 cm³/mol. The number of amides is 1. The van der Waals surface area contributed by atoms with Crippen molar-refractivity contribution in [1.82, 2.24) is 4.90 Å². The molecule has 0 radical (unpaired) electrons. The molecule has 0 aromatic carbocycles. The highest BCUT2D eigenvalue weighted by atomic mass is 35.5. The summed E-state index contributed by atoms with van der Waals surface area (Å²) in [4.78, 5) is 11.5. The molecule has 0 aliphatic heterocycles. The molecule has 0 spiro atoms. The van der Waals surface area contributed by atoms with Gasteiger partial charge in [-0.25, -0.2) is 0 Å². The van der Waals surface area contributed by atoms with E-state index in [4.69, 9.17) is 0 Å². The van der Waals surface area contributed by atoms with E-state index in [1.54, 1.807) is 6.92 Å². The fraction of sp³-hybridized carbons (Fsp3) is 0.857. The summed E-state index contributed by atoms with van der Waals surface area (Å²) in [6, 6.07) is 0. The third-order valence-corrected chi connectivity index (χ3v) is 1.31. The minimum absolute atomic E-state index is 0. The van der Waals surface area contributed by atoms with Crippen LogP contribution in [0.1, 0.15) is 19.8 Å². The Kier molecular flexibility index (Phi) is 7.03. The topological polar surface area (TPSA) is 20.3 Å². The first-order chi connectivity index (χ1) is 5.37. The lowest BCUT2D eigenvalue weighted by atomic mass is 10.3. The predicted octanol–water partition coefficient (Wildman–Crippen LogP) is 2.23. The number of alkyl halides is 3. The zero-order chi connectivity index (χ0) is 9.78. The van der Waals surface area contributed by atoms with E-state index in [0.717, 1.165) is 7.05 Å². The van der Waals surface area contributed by atoms with Crippen LogP contribution in [0.5, 0.6) is 0 Å². The highest BCUT2D eigenvalue weighted by Crippen LogP contribution is 2.15. The van der Waals surface area contributed by atoms with Crippen LogP contribution in [0, 0.1) is 0 Å². The Balaban J connectivity index is 0. The molecule has 1 amide bonds. The van der Waals surface area contributed by atoms with Gasteiger partial charge in [-0.1, -0.05) is 6.92 Å². The van der Waals surface area contributed by atoms with Crippen molar-refractivity contribution >= 4 is 18.3 Å². The van der Waals surface area contributed by atoms with Crippen molar-refractivity contribution in [3.05, 3.63) is 0 Å². The van der Waals surface area contributed by atoms with Crippen molar-refractivity contribution in [2.75, 3.05) is 13.6 Å². The molecule has 2 nitrogen and oxygen atoms in total. The molecule has 0 atom stereocenters. The first-order valence-corrected chi connectivity index (χ1v) is 3.67. The van der Waals surface area contributed by atoms with Gasteiger partial charge in [-0.15, -0.1) is 12.4 Å². The summed E-state index contributed by atoms with van der Waals surface area (Å²) in [7, 11) is 1.16. The maximum absolute atomic E-state index is 11.7. The second-order valence-electron chi connectivity index (χ2n) is 2.61. The van der Waals surface area contributed by atoms with E-state index in [0.29, 0.717) is 11.3 Å². The monoisotopic (exact) mass is 219 g/mol. The Morgan fingerprint density at radius 3 is 2.15 bits per heavy atom. The van der Waals surface area contributed by atoms with E-state index in [1.165, 1.54) is 0 Å². The highest BCUT2D eigenvalue weighted by Gasteiger charge is 2.30. The first kappa shape index (κ1) is 15.0. The molecule has 80 valence electrons. The van der Waals surface area contributed by atoms with Gasteiger partial charge in [0, 0.05) is 13.5 Å². The zero-order valence-electron chi connectivity index (χ0n) is 7.52. The van der Waals surface area contributed by atoms with E-state index < -0.39 is 18.6 Å². The molecule has 0 fully saturated rings. The Morgan fingerprint density at radius 2 is 1.85 bits per heavy atom. The molecule has 0 aromatic rings. The normalized spacial score (nSPS) is 10.5. The van der Waals surface area contributed by atoms with Crippen LogP contribution in [0.2, 0.25) is 0 Å². The van der Waals surface area contributed by atoms with Gasteiger partial charge < -0.3 is 4.90 Å². The van der Waals surface area contributed by atoms with Crippen molar-refractivity contribution in [2.24, 2.45) is 0 Å². The molecular formula is C7H13ClF3NO. The average Bonchev–Trinajstić information content (AvgIpc) is 1.84. The lowest BCUT2D eigenvalue weighted by Gasteiger charge is -2.18. The van der Waals surface area contributed by atoms with Crippen LogP contribution in [-0.2, 0) is 4.79 Å². The van der Waals surface area contributed by atoms with Gasteiger partial charge in [0.05, 0.1) is 0 Å². The lowest BCUT2D eigenvalue weighted by molar-refractivity contribution is -0.158. The van der Waals surface area contributed by atoms with E-state index in [9.17, 15) is 18.0 Å². The van der Waals surface area contributed by atoms with Crippen LogP contribution < -0.4 is 0 Å². The SMILES string of the molecule is CCCC(=O)N(C)CC(F)(F)F.Cl. The summed E-state index contributed by atoms with van der Waals surface area (Å²) >= 11 is 0. The van der Waals surface area contributed by atoms with Crippen molar-refractivity contribution in [3.63, 3.8) is 0 Å². The van der Waals surface area contributed by atoms with Gasteiger partial charge in [0.2, 0.25) is 5.91 Å². The van der Waals surface area contributed by atoms with E-state index >= 15 is 0 Å². The molecular weight excluding hydrogens is 207 g/mol. The minimum Gasteiger partial charge on any atom is -0.337 e. The molecule has 0 aliphatic carbocycles. The Labute approximate surface area is 81.5 Å². The summed E-state index contributed by atoms with van der Waals surface area (Å²) in [6.45, 7) is 0.588. The maximum atomic E-state index is 11.7. The third kappa shape index (κ3) is 7.90. The van der Waals surface area contributed by atoms with Crippen molar-refractivity contribution in [3.8, 4) is 0 Å². The second kappa shape index (κ2) is 6.07. The smallest absolute Gasteiger partial charge is 0.337 e. The summed E-state index contributed by atoms with van der Waals surface area (Å²) in [5.41, 5.74) is 0. The Morgan fingerprint density at radius 1 is 1.38 bits per heavy atom. The summed E-state index contributed by atoms with van der Waals surface area (Å²) in [5.74, 6) is -0.463. The third-order valence-electron chi connectivity index (χ3n) is 1.31. The van der Waals surface area contributed by atoms with Crippen LogP contribution >= 0.6 is 12.4 Å². The largest absolute Gasteiger partial charge is 0.406 e. The Bertz CT molecular complexity index is 160. The molecule has 0 rings (SSSR count). The molecule has 0 aliphatic rings. The van der Waals surface area contributed by atoms with E-state index in [-0.39, 0.29) is 18.8 Å². The molecule has 0 N–H and O–H groups in total. The van der Waals surface area contributed by atoms with Gasteiger partial charge in [-0.3, -0.25) is 4.79 Å². The van der Waals surface area contributed by atoms with Crippen LogP contribution in [0.25, 0.3) is 0 Å². The molecule has 13 heavy (non-hydrogen) atoms. The van der Waals surface area contributed by atoms with Gasteiger partial charge in [0.15, 0.2) is 0 Å². The first-order valence-electron chi connectivity index (χ1n) is 3.67. The molecule has 0 unspecified atom stereocenters. The van der Waals surface area contributed by atoms with E-state index in [2.05, 4.69) is 0 Å². The van der Waals surface area contributed by atoms with Gasteiger partial charge in [-0.05, 0) is 6.42 Å². The van der Waals surface area contributed by atoms with Gasteiger partial charge >= 0.3 is 6.18 Å². The van der Waals surface area contributed by atoms with Crippen molar-refractivity contribution in [1.29, 1.82) is 0 Å². The number of hydrogen-bond acceptors (Lipinski definition) is 1. The number of carbonyl (C=O) groups excluding carboxylic acids is 1. The minimum atomic E-state index is -4.29. The van der Waals surface area contributed by atoms with Crippen molar-refractivity contribution < 1.29 is 18.0 Å². The molecule has 0 saturated carbocycles. The number of nitrogens with zero attached hydrogens (tertiary/aromatic N) is 1. The fourth-order valence-corrected chi connectivity index (χ4v) is 0.762. The number of hydrogen-bond donors (Lipinski definition) is 0. The van der Waals surface area contributed by atoms with Crippen LogP contribution in [-0.4, -0.2) is 30.6 Å². The van der Waals surface area contributed by atoms with Crippen LogP contribution in [0.4, 0.5) is 13.2 Å². The van der Waals surface area contributed by atoms with E-state index in [1.807, 2.05) is 0 Å². The Hall–Kier alpha value is -0.450. The number of carbonyl (C=O) groups is 1. The van der Waals surface area contributed by atoms with Crippen molar-refractivity contribution in [2.45, 2.75) is 25.9 Å². The maximum Gasteiger partial charge on any atom is 0.406 e. The number of rotatable bonds is 3. The van der Waals surface area contributed by atoms with Crippen LogP contribution in [0.15, 0.2) is 0 Å². The molecule has 0 bridgehead atoms. The quantitative estimate of drug-likeness (QED) is 0.713. The van der Waals surface area contributed by atoms with Crippen LogP contribution in [0.3, 0.4) is 0 Å².